The molecule has 2 rings (SSSR count). The van der Waals surface area contributed by atoms with Crippen LogP contribution in [0.15, 0.2) is 6.20 Å². The Kier molecular flexibility index (Phi) is 4.06. The van der Waals surface area contributed by atoms with Gasteiger partial charge in [0.05, 0.1) is 6.61 Å². The summed E-state index contributed by atoms with van der Waals surface area (Å²) in [6.45, 7) is -0.569. The third kappa shape index (κ3) is 2.20. The second-order valence-electron chi connectivity index (χ2n) is 4.27. The molecule has 2 heterocycles. The molecule has 1 aromatic heterocycles. The number of H-pyrrole nitrogens is 1. The van der Waals surface area contributed by atoms with Crippen molar-refractivity contribution in [1.82, 2.24) is 9.55 Å². The molecule has 4 N–H and O–H groups in total. The summed E-state index contributed by atoms with van der Waals surface area (Å²) in [5, 5.41) is 29.3. The maximum atomic E-state index is 13.5. The lowest BCUT2D eigenvalue weighted by Crippen LogP contribution is -2.46. The van der Waals surface area contributed by atoms with Crippen LogP contribution >= 0.6 is 24.4 Å². The summed E-state index contributed by atoms with van der Waals surface area (Å²) < 4.78 is 19.6. The van der Waals surface area contributed by atoms with Gasteiger partial charge in [-0.25, -0.2) is 4.39 Å². The highest BCUT2D eigenvalue weighted by atomic mass is 32.1. The van der Waals surface area contributed by atoms with Crippen molar-refractivity contribution in [1.29, 1.82) is 0 Å². The molecule has 1 aromatic rings. The van der Waals surface area contributed by atoms with Gasteiger partial charge < -0.3 is 25.0 Å². The van der Waals surface area contributed by atoms with E-state index in [-0.39, 0.29) is 9.41 Å². The van der Waals surface area contributed by atoms with Crippen LogP contribution < -0.4 is 0 Å². The largest absolute Gasteiger partial charge is 0.394 e. The zero-order valence-corrected chi connectivity index (χ0v) is 11.6. The predicted octanol–water partition coefficient (Wildman–Crippen LogP) is 0.0292. The Morgan fingerprint density at radius 3 is 2.80 bits per heavy atom. The van der Waals surface area contributed by atoms with Gasteiger partial charge in [0.1, 0.15) is 16.8 Å². The highest BCUT2D eigenvalue weighted by molar-refractivity contribution is 7.72. The van der Waals surface area contributed by atoms with E-state index in [1.165, 1.54) is 0 Å². The smallest absolute Gasteiger partial charge is 0.199 e. The van der Waals surface area contributed by atoms with E-state index in [2.05, 4.69) is 17.2 Å². The molecule has 9 heteroatoms. The SMILES string of the molecule is C#CC1(O)[C@@H](O)[C@@H](CO)O[C@H]1n1cc(F)c(=S)[nH]c1=S. The molecule has 0 spiro atoms. The molecule has 0 saturated carbocycles. The van der Waals surface area contributed by atoms with Gasteiger partial charge in [-0.1, -0.05) is 18.1 Å². The van der Waals surface area contributed by atoms with Crippen LogP contribution in [0.25, 0.3) is 0 Å². The molecule has 20 heavy (non-hydrogen) atoms. The number of nitrogens with zero attached hydrogens (tertiary/aromatic N) is 1. The van der Waals surface area contributed by atoms with Crippen molar-refractivity contribution in [2.24, 2.45) is 0 Å². The molecule has 0 aliphatic carbocycles. The van der Waals surface area contributed by atoms with Gasteiger partial charge in [0.2, 0.25) is 0 Å². The summed E-state index contributed by atoms with van der Waals surface area (Å²) in [7, 11) is 0. The summed E-state index contributed by atoms with van der Waals surface area (Å²) >= 11 is 9.66. The summed E-state index contributed by atoms with van der Waals surface area (Å²) in [5.41, 5.74) is -2.16. The molecule has 1 fully saturated rings. The summed E-state index contributed by atoms with van der Waals surface area (Å²) in [6, 6.07) is 0. The monoisotopic (exact) mass is 318 g/mol. The number of aromatic nitrogens is 2. The van der Waals surface area contributed by atoms with E-state index in [1.807, 2.05) is 5.92 Å². The van der Waals surface area contributed by atoms with E-state index in [0.717, 1.165) is 10.8 Å². The maximum absolute atomic E-state index is 13.5. The van der Waals surface area contributed by atoms with Gasteiger partial charge in [0.15, 0.2) is 22.4 Å². The highest BCUT2D eigenvalue weighted by Gasteiger charge is 2.55. The molecule has 6 nitrogen and oxygen atoms in total. The quantitative estimate of drug-likeness (QED) is 0.454. The molecule has 1 saturated heterocycles. The molecule has 4 atom stereocenters. The first-order valence-corrected chi connectivity index (χ1v) is 6.32. The van der Waals surface area contributed by atoms with Gasteiger partial charge >= 0.3 is 0 Å². The standard InChI is InChI=1S/C11H11FN2O4S2/c1-2-11(17)7(16)6(4-15)18-9(11)14-3-5(12)8(19)13-10(14)20/h1,3,6-7,9,15-17H,4H2,(H,13,19,20)/t6-,7+,9-,11?/m1/s1. The minimum absolute atomic E-state index is 0.0409. The number of terminal acetylenes is 1. The van der Waals surface area contributed by atoms with Gasteiger partial charge in [-0.3, -0.25) is 4.57 Å². The average Bonchev–Trinajstić information content (AvgIpc) is 2.67. The van der Waals surface area contributed by atoms with Gasteiger partial charge in [-0.2, -0.15) is 0 Å². The number of halogens is 1. The minimum Gasteiger partial charge on any atom is -0.394 e. The zero-order chi connectivity index (χ0) is 15.1. The molecule has 108 valence electrons. The number of hydrogen-bond acceptors (Lipinski definition) is 6. The fraction of sp³-hybridized carbons (Fsp3) is 0.455. The molecule has 0 bridgehead atoms. The van der Waals surface area contributed by atoms with Crippen molar-refractivity contribution in [3.8, 4) is 12.3 Å². The van der Waals surface area contributed by atoms with Crippen LogP contribution in [0.5, 0.6) is 0 Å². The Morgan fingerprint density at radius 1 is 1.60 bits per heavy atom. The molecule has 0 aromatic carbocycles. The number of hydrogen-bond donors (Lipinski definition) is 4. The van der Waals surface area contributed by atoms with E-state index in [4.69, 9.17) is 28.5 Å². The lowest BCUT2D eigenvalue weighted by Gasteiger charge is -2.27. The van der Waals surface area contributed by atoms with Crippen LogP contribution in [0, 0.1) is 27.6 Å². The van der Waals surface area contributed by atoms with Crippen molar-refractivity contribution >= 4 is 24.4 Å². The molecule has 1 unspecified atom stereocenters. The molecule has 0 radical (unpaired) electrons. The molecule has 0 amide bonds. The number of rotatable bonds is 2. The van der Waals surface area contributed by atoms with E-state index < -0.39 is 36.5 Å². The lowest BCUT2D eigenvalue weighted by atomic mass is 9.95. The van der Waals surface area contributed by atoms with E-state index in [9.17, 15) is 14.6 Å². The Hall–Kier alpha value is -1.15. The van der Waals surface area contributed by atoms with Gasteiger partial charge in [0, 0.05) is 6.20 Å². The van der Waals surface area contributed by atoms with Crippen LogP contribution in [-0.2, 0) is 4.74 Å². The third-order valence-corrected chi connectivity index (χ3v) is 3.68. The van der Waals surface area contributed by atoms with E-state index >= 15 is 0 Å². The lowest BCUT2D eigenvalue weighted by molar-refractivity contribution is -0.0758. The fourth-order valence-corrected chi connectivity index (χ4v) is 2.45. The normalized spacial score (nSPS) is 33.0. The maximum Gasteiger partial charge on any atom is 0.199 e. The first kappa shape index (κ1) is 15.2. The van der Waals surface area contributed by atoms with Crippen molar-refractivity contribution < 1.29 is 24.4 Å². The molecule has 1 aliphatic heterocycles. The van der Waals surface area contributed by atoms with Crippen LogP contribution in [0.2, 0.25) is 0 Å². The zero-order valence-electron chi connectivity index (χ0n) is 9.99. The molecular weight excluding hydrogens is 307 g/mol. The first-order chi connectivity index (χ1) is 9.35. The number of aliphatic hydroxyl groups is 3. The van der Waals surface area contributed by atoms with Crippen LogP contribution in [0.4, 0.5) is 4.39 Å². The predicted molar refractivity (Wildman–Crippen MR) is 71.2 cm³/mol. The van der Waals surface area contributed by atoms with Crippen molar-refractivity contribution in [3.63, 3.8) is 0 Å². The van der Waals surface area contributed by atoms with Crippen molar-refractivity contribution in [2.75, 3.05) is 6.61 Å². The summed E-state index contributed by atoms with van der Waals surface area (Å²) in [6.07, 6.45) is 2.13. The Labute approximate surface area is 123 Å². The number of aromatic amines is 1. The van der Waals surface area contributed by atoms with Crippen LogP contribution in [-0.4, -0.2) is 49.3 Å². The second kappa shape index (κ2) is 5.33. The van der Waals surface area contributed by atoms with Gasteiger partial charge in [-0.05, 0) is 12.2 Å². The number of aliphatic hydroxyl groups excluding tert-OH is 2. The third-order valence-electron chi connectivity index (χ3n) is 3.07. The van der Waals surface area contributed by atoms with Crippen LogP contribution in [0.3, 0.4) is 0 Å². The Balaban J connectivity index is 2.58. The van der Waals surface area contributed by atoms with E-state index in [0.29, 0.717) is 0 Å². The second-order valence-corrected chi connectivity index (χ2v) is 5.06. The van der Waals surface area contributed by atoms with E-state index in [1.54, 1.807) is 0 Å². The Bertz CT molecular complexity index is 682. The number of ether oxygens (including phenoxy) is 1. The summed E-state index contributed by atoms with van der Waals surface area (Å²) in [5.74, 6) is 1.21. The summed E-state index contributed by atoms with van der Waals surface area (Å²) in [4.78, 5) is 2.41. The van der Waals surface area contributed by atoms with Gasteiger partial charge in [0.25, 0.3) is 0 Å². The fourth-order valence-electron chi connectivity index (χ4n) is 1.99. The van der Waals surface area contributed by atoms with Crippen LogP contribution in [0.1, 0.15) is 6.23 Å². The highest BCUT2D eigenvalue weighted by Crippen LogP contribution is 2.38. The average molecular weight is 318 g/mol. The molecular formula is C11H11FN2O4S2. The minimum atomic E-state index is -2.16. The van der Waals surface area contributed by atoms with Crippen molar-refractivity contribution in [3.05, 3.63) is 21.4 Å². The Morgan fingerprint density at radius 2 is 2.25 bits per heavy atom. The van der Waals surface area contributed by atoms with Gasteiger partial charge in [-0.15, -0.1) is 6.42 Å². The number of nitrogens with one attached hydrogen (secondary N) is 1. The molecule has 1 aliphatic rings. The van der Waals surface area contributed by atoms with Crippen molar-refractivity contribution in [2.45, 2.75) is 24.0 Å². The topological polar surface area (TPSA) is 90.6 Å². The first-order valence-electron chi connectivity index (χ1n) is 5.50.